The second-order valence-corrected chi connectivity index (χ2v) is 11.5. The molecular formula is C12H5BrCl5FN2S. The Labute approximate surface area is 160 Å². The van der Waals surface area contributed by atoms with Crippen molar-refractivity contribution in [1.29, 1.82) is 5.26 Å². The van der Waals surface area contributed by atoms with Crippen molar-refractivity contribution < 1.29 is 4.39 Å². The molecular weight excluding hydrogens is 480 g/mol. The van der Waals surface area contributed by atoms with Gasteiger partial charge in [0.15, 0.2) is 0 Å². The zero-order chi connectivity index (χ0) is 16.7. The summed E-state index contributed by atoms with van der Waals surface area (Å²) in [6.45, 7) is 0. The van der Waals surface area contributed by atoms with E-state index in [1.807, 2.05) is 6.07 Å². The van der Waals surface area contributed by atoms with Crippen molar-refractivity contribution >= 4 is 80.6 Å². The molecule has 10 heteroatoms. The highest BCUT2D eigenvalue weighted by Gasteiger charge is 2.31. The number of hydrogen-bond acceptors (Lipinski definition) is 1. The van der Waals surface area contributed by atoms with E-state index in [2.05, 4.69) is 15.9 Å². The number of rotatable bonds is 3. The Balaban J connectivity index is 2.78. The number of hydrogen-bond donors (Lipinski definition) is 0. The summed E-state index contributed by atoms with van der Waals surface area (Å²) in [4.78, 5) is 0.183. The molecule has 0 N–H and O–H groups in total. The minimum atomic E-state index is -2.82. The predicted octanol–water partition coefficient (Wildman–Crippen LogP) is 7.47. The van der Waals surface area contributed by atoms with Crippen LogP contribution in [0.1, 0.15) is 5.56 Å². The van der Waals surface area contributed by atoms with Crippen molar-refractivity contribution in [3.63, 3.8) is 0 Å². The molecule has 2 aromatic rings. The lowest BCUT2D eigenvalue weighted by atomic mass is 10.3. The minimum Gasteiger partial charge on any atom is -0.306 e. The van der Waals surface area contributed by atoms with Gasteiger partial charge in [0, 0.05) is 11.2 Å². The first-order valence-electron chi connectivity index (χ1n) is 5.45. The summed E-state index contributed by atoms with van der Waals surface area (Å²) < 4.78 is 14.9. The molecule has 1 heterocycles. The molecule has 2 nitrogen and oxygen atoms in total. The first-order chi connectivity index (χ1) is 10.2. The Morgan fingerprint density at radius 2 is 1.77 bits per heavy atom. The average Bonchev–Trinajstić information content (AvgIpc) is 2.75. The zero-order valence-corrected chi connectivity index (χ0v) is 16.6. The number of alkyl halides is 1. The molecule has 22 heavy (non-hydrogen) atoms. The highest BCUT2D eigenvalue weighted by atomic mass is 79.9. The Bertz CT molecular complexity index is 764. The van der Waals surface area contributed by atoms with E-state index in [1.165, 1.54) is 22.9 Å². The molecule has 1 aromatic heterocycles. The van der Waals surface area contributed by atoms with Crippen LogP contribution in [0, 0.1) is 11.3 Å². The molecule has 0 radical (unpaired) electrons. The monoisotopic (exact) mass is 482 g/mol. The molecule has 0 aliphatic carbocycles. The van der Waals surface area contributed by atoms with Crippen LogP contribution < -0.4 is 0 Å². The van der Waals surface area contributed by atoms with Crippen molar-refractivity contribution in [2.24, 2.45) is 0 Å². The van der Waals surface area contributed by atoms with E-state index in [0.717, 1.165) is 0 Å². The lowest BCUT2D eigenvalue weighted by Crippen LogP contribution is -1.96. The van der Waals surface area contributed by atoms with E-state index in [1.54, 1.807) is 0 Å². The van der Waals surface area contributed by atoms with Crippen LogP contribution in [-0.4, -0.2) is 10.6 Å². The minimum absolute atomic E-state index is 0.131. The number of aromatic nitrogens is 1. The second-order valence-electron chi connectivity index (χ2n) is 4.05. The van der Waals surface area contributed by atoms with Crippen molar-refractivity contribution in [2.75, 3.05) is 6.01 Å². The predicted molar refractivity (Wildman–Crippen MR) is 96.8 cm³/mol. The zero-order valence-electron chi connectivity index (χ0n) is 10.4. The quantitative estimate of drug-likeness (QED) is 0.443. The highest BCUT2D eigenvalue weighted by Crippen LogP contribution is 2.68. The summed E-state index contributed by atoms with van der Waals surface area (Å²) in [5, 5.41) is 10.1. The van der Waals surface area contributed by atoms with Crippen LogP contribution >= 0.6 is 80.6 Å². The Morgan fingerprint density at radius 3 is 2.23 bits per heavy atom. The first kappa shape index (κ1) is 18.5. The molecule has 0 spiro atoms. The summed E-state index contributed by atoms with van der Waals surface area (Å²) in [5.41, 5.74) is 0.511. The smallest absolute Gasteiger partial charge is 0.148 e. The van der Waals surface area contributed by atoms with Gasteiger partial charge in [0.2, 0.25) is 0 Å². The van der Waals surface area contributed by atoms with Gasteiger partial charge in [0.05, 0.1) is 26.2 Å². The molecule has 0 fully saturated rings. The molecule has 0 amide bonds. The molecule has 118 valence electrons. The summed E-state index contributed by atoms with van der Waals surface area (Å²) in [5.74, 6) is 0. The van der Waals surface area contributed by atoms with Gasteiger partial charge < -0.3 is 4.57 Å². The van der Waals surface area contributed by atoms with Crippen LogP contribution in [0.4, 0.5) is 4.39 Å². The molecule has 0 bridgehead atoms. The topological polar surface area (TPSA) is 28.7 Å². The van der Waals surface area contributed by atoms with E-state index in [-0.39, 0.29) is 20.5 Å². The SMILES string of the molecule is N#Cc1cn(-c2c(Cl)cc(Cl)cc2Cl)c(Br)c1S(Cl)(Cl)CF. The Hall–Kier alpha value is 0.200. The molecule has 0 unspecified atom stereocenters. The van der Waals surface area contributed by atoms with E-state index in [0.29, 0.717) is 15.3 Å². The normalized spacial score (nSPS) is 12.3. The Kier molecular flexibility index (Phi) is 5.88. The fourth-order valence-electron chi connectivity index (χ4n) is 1.81. The van der Waals surface area contributed by atoms with Gasteiger partial charge >= 0.3 is 0 Å². The van der Waals surface area contributed by atoms with E-state index in [4.69, 9.17) is 56.2 Å². The van der Waals surface area contributed by atoms with Gasteiger partial charge in [-0.15, -0.1) is 0 Å². The summed E-state index contributed by atoms with van der Waals surface area (Å²) in [6.07, 6.45) is 1.43. The number of nitrogens with zero attached hydrogens (tertiary/aromatic N) is 2. The highest BCUT2D eigenvalue weighted by molar-refractivity contribution is 9.10. The summed E-state index contributed by atoms with van der Waals surface area (Å²) >= 11 is 21.5. The van der Waals surface area contributed by atoms with E-state index >= 15 is 0 Å². The van der Waals surface area contributed by atoms with Gasteiger partial charge in [-0.2, -0.15) is 5.26 Å². The third-order valence-corrected chi connectivity index (χ3v) is 7.22. The lowest BCUT2D eigenvalue weighted by molar-refractivity contribution is 0.603. The number of benzene rings is 1. The largest absolute Gasteiger partial charge is 0.306 e. The summed E-state index contributed by atoms with van der Waals surface area (Å²) in [7, 11) is 9.25. The molecule has 0 atom stereocenters. The maximum absolute atomic E-state index is 13.1. The van der Waals surface area contributed by atoms with Crippen molar-refractivity contribution in [1.82, 2.24) is 4.57 Å². The van der Waals surface area contributed by atoms with Gasteiger partial charge in [-0.25, -0.2) is 4.39 Å². The maximum atomic E-state index is 13.1. The van der Waals surface area contributed by atoms with Gasteiger partial charge in [0.25, 0.3) is 0 Å². The van der Waals surface area contributed by atoms with E-state index < -0.39 is 14.5 Å². The average molecular weight is 485 g/mol. The Morgan fingerprint density at radius 1 is 1.23 bits per heavy atom. The summed E-state index contributed by atoms with van der Waals surface area (Å²) in [6, 6.07) is 3.95. The van der Waals surface area contributed by atoms with Gasteiger partial charge in [-0.1, -0.05) is 34.8 Å². The van der Waals surface area contributed by atoms with E-state index in [9.17, 15) is 9.65 Å². The fraction of sp³-hybridized carbons (Fsp3) is 0.0833. The van der Waals surface area contributed by atoms with Crippen molar-refractivity contribution in [2.45, 2.75) is 4.90 Å². The van der Waals surface area contributed by atoms with Crippen LogP contribution in [0.5, 0.6) is 0 Å². The maximum Gasteiger partial charge on any atom is 0.148 e. The number of halogens is 7. The van der Waals surface area contributed by atoms with Crippen LogP contribution in [0.15, 0.2) is 27.8 Å². The van der Waals surface area contributed by atoms with Crippen LogP contribution in [-0.2, 0) is 0 Å². The van der Waals surface area contributed by atoms with Crippen LogP contribution in [0.2, 0.25) is 15.1 Å². The fourth-order valence-corrected chi connectivity index (χ4v) is 6.50. The molecule has 0 aliphatic heterocycles. The lowest BCUT2D eigenvalue weighted by Gasteiger charge is -2.21. The van der Waals surface area contributed by atoms with Gasteiger partial charge in [-0.05, 0) is 57.9 Å². The standard InChI is InChI=1S/C12H5BrCl5FN2S/c13-12-11(22(17,18)5-19)6(3-20)4-21(12)10-8(15)1-7(14)2-9(10)16/h1-2,4H,5H2. The van der Waals surface area contributed by atoms with Crippen molar-refractivity contribution in [3.8, 4) is 11.8 Å². The first-order valence-corrected chi connectivity index (χ1v) is 10.8. The third kappa shape index (κ3) is 3.34. The molecule has 1 aromatic carbocycles. The number of nitriles is 1. The van der Waals surface area contributed by atoms with Gasteiger partial charge in [0.1, 0.15) is 16.7 Å². The third-order valence-electron chi connectivity index (χ3n) is 2.68. The molecule has 0 saturated carbocycles. The van der Waals surface area contributed by atoms with Crippen LogP contribution in [0.3, 0.4) is 0 Å². The van der Waals surface area contributed by atoms with Crippen molar-refractivity contribution in [3.05, 3.63) is 43.6 Å². The molecule has 0 saturated heterocycles. The van der Waals surface area contributed by atoms with Gasteiger partial charge in [-0.3, -0.25) is 0 Å². The van der Waals surface area contributed by atoms with Crippen LogP contribution in [0.25, 0.3) is 5.69 Å². The second kappa shape index (κ2) is 6.98. The molecule has 2 rings (SSSR count). The molecule has 0 aliphatic rings.